The highest BCUT2D eigenvalue weighted by atomic mass is 19.1. The predicted octanol–water partition coefficient (Wildman–Crippen LogP) is 1.86. The van der Waals surface area contributed by atoms with Gasteiger partial charge in [0.1, 0.15) is 5.82 Å². The van der Waals surface area contributed by atoms with Crippen LogP contribution in [-0.4, -0.2) is 9.13 Å². The Balaban J connectivity index is 2.27. The van der Waals surface area contributed by atoms with Crippen LogP contribution in [0, 0.1) is 5.82 Å². The van der Waals surface area contributed by atoms with E-state index in [-0.39, 0.29) is 11.5 Å². The van der Waals surface area contributed by atoms with Crippen molar-refractivity contribution in [1.29, 1.82) is 0 Å². The van der Waals surface area contributed by atoms with E-state index in [1.807, 2.05) is 6.92 Å². The Kier molecular flexibility index (Phi) is 2.90. The van der Waals surface area contributed by atoms with Crippen LogP contribution in [0.5, 0.6) is 0 Å². The average Bonchev–Trinajstić information content (AvgIpc) is 2.60. The van der Waals surface area contributed by atoms with Crippen molar-refractivity contribution in [2.75, 3.05) is 0 Å². The van der Waals surface area contributed by atoms with Crippen molar-refractivity contribution in [3.8, 4) is 0 Å². The Bertz CT molecular complexity index is 542. The monoisotopic (exact) mass is 220 g/mol. The molecule has 1 aromatic heterocycles. The quantitative estimate of drug-likeness (QED) is 0.775. The van der Waals surface area contributed by atoms with Gasteiger partial charge in [0, 0.05) is 18.9 Å². The van der Waals surface area contributed by atoms with Crippen molar-refractivity contribution in [2.24, 2.45) is 0 Å². The summed E-state index contributed by atoms with van der Waals surface area (Å²) in [5, 5.41) is 0. The van der Waals surface area contributed by atoms with Crippen LogP contribution >= 0.6 is 0 Å². The summed E-state index contributed by atoms with van der Waals surface area (Å²) in [7, 11) is 0. The van der Waals surface area contributed by atoms with Crippen molar-refractivity contribution >= 4 is 0 Å². The van der Waals surface area contributed by atoms with Gasteiger partial charge in [0.25, 0.3) is 0 Å². The van der Waals surface area contributed by atoms with Crippen molar-refractivity contribution in [2.45, 2.75) is 20.0 Å². The van der Waals surface area contributed by atoms with Crippen LogP contribution in [0.4, 0.5) is 4.39 Å². The lowest BCUT2D eigenvalue weighted by Crippen LogP contribution is -2.23. The largest absolute Gasteiger partial charge is 0.328 e. The first kappa shape index (κ1) is 10.7. The Labute approximate surface area is 92.8 Å². The van der Waals surface area contributed by atoms with Gasteiger partial charge in [-0.3, -0.25) is 9.13 Å². The lowest BCUT2D eigenvalue weighted by atomic mass is 10.2. The molecule has 0 aliphatic rings. The molecule has 0 fully saturated rings. The van der Waals surface area contributed by atoms with Gasteiger partial charge < -0.3 is 0 Å². The molecule has 0 aliphatic carbocycles. The van der Waals surface area contributed by atoms with Gasteiger partial charge in [-0.2, -0.15) is 0 Å². The summed E-state index contributed by atoms with van der Waals surface area (Å²) in [6.07, 6.45) is 3.46. The first-order chi connectivity index (χ1) is 7.70. The molecule has 0 spiro atoms. The molecule has 0 amide bonds. The number of halogens is 1. The zero-order valence-corrected chi connectivity index (χ0v) is 9.06. The van der Waals surface area contributed by atoms with Gasteiger partial charge in [0.05, 0.1) is 6.54 Å². The predicted molar refractivity (Wildman–Crippen MR) is 59.9 cm³/mol. The van der Waals surface area contributed by atoms with E-state index in [0.29, 0.717) is 13.1 Å². The third kappa shape index (κ3) is 2.05. The van der Waals surface area contributed by atoms with Crippen LogP contribution in [0.15, 0.2) is 41.5 Å². The molecule has 0 aliphatic heterocycles. The number of benzene rings is 1. The molecule has 2 rings (SSSR count). The van der Waals surface area contributed by atoms with E-state index in [2.05, 4.69) is 0 Å². The molecule has 0 unspecified atom stereocenters. The lowest BCUT2D eigenvalue weighted by Gasteiger charge is -2.01. The van der Waals surface area contributed by atoms with Gasteiger partial charge in [-0.05, 0) is 24.6 Å². The van der Waals surface area contributed by atoms with Crippen molar-refractivity contribution in [3.05, 3.63) is 58.5 Å². The molecule has 1 aromatic carbocycles. The first-order valence-electron chi connectivity index (χ1n) is 5.20. The topological polar surface area (TPSA) is 26.9 Å². The van der Waals surface area contributed by atoms with Crippen LogP contribution in [0.2, 0.25) is 0 Å². The molecular formula is C12H13FN2O. The smallest absolute Gasteiger partial charge is 0.300 e. The summed E-state index contributed by atoms with van der Waals surface area (Å²) in [4.78, 5) is 11.7. The van der Waals surface area contributed by atoms with E-state index in [0.717, 1.165) is 5.56 Å². The number of hydrogen-bond donors (Lipinski definition) is 0. The second-order valence-electron chi connectivity index (χ2n) is 3.62. The van der Waals surface area contributed by atoms with Gasteiger partial charge in [0.2, 0.25) is 0 Å². The fourth-order valence-electron chi connectivity index (χ4n) is 1.65. The Hall–Kier alpha value is -1.84. The minimum absolute atomic E-state index is 0.0632. The van der Waals surface area contributed by atoms with Crippen LogP contribution in [0.3, 0.4) is 0 Å². The van der Waals surface area contributed by atoms with Crippen molar-refractivity contribution < 1.29 is 4.39 Å². The number of rotatable bonds is 3. The Morgan fingerprint density at radius 1 is 1.25 bits per heavy atom. The number of aromatic nitrogens is 2. The van der Waals surface area contributed by atoms with Crippen molar-refractivity contribution in [3.63, 3.8) is 0 Å². The van der Waals surface area contributed by atoms with Gasteiger partial charge >= 0.3 is 5.69 Å². The second-order valence-corrected chi connectivity index (χ2v) is 3.62. The summed E-state index contributed by atoms with van der Waals surface area (Å²) >= 11 is 0. The number of imidazole rings is 1. The summed E-state index contributed by atoms with van der Waals surface area (Å²) in [6, 6.07) is 6.28. The van der Waals surface area contributed by atoms with E-state index in [1.54, 1.807) is 33.7 Å². The number of aryl methyl sites for hydroxylation is 1. The van der Waals surface area contributed by atoms with E-state index in [4.69, 9.17) is 0 Å². The highest BCUT2D eigenvalue weighted by Gasteiger charge is 2.02. The molecule has 0 radical (unpaired) electrons. The third-order valence-electron chi connectivity index (χ3n) is 2.50. The molecular weight excluding hydrogens is 207 g/mol. The summed E-state index contributed by atoms with van der Waals surface area (Å²) in [6.45, 7) is 2.96. The zero-order chi connectivity index (χ0) is 11.5. The molecule has 1 heterocycles. The summed E-state index contributed by atoms with van der Waals surface area (Å²) < 4.78 is 16.1. The number of nitrogens with zero attached hydrogens (tertiary/aromatic N) is 2. The molecule has 3 nitrogen and oxygen atoms in total. The second kappa shape index (κ2) is 4.35. The molecule has 4 heteroatoms. The average molecular weight is 220 g/mol. The van der Waals surface area contributed by atoms with Gasteiger partial charge in [0.15, 0.2) is 0 Å². The maximum absolute atomic E-state index is 12.9. The Morgan fingerprint density at radius 3 is 2.62 bits per heavy atom. The molecule has 0 saturated heterocycles. The molecule has 0 saturated carbocycles. The van der Waals surface area contributed by atoms with E-state index < -0.39 is 0 Å². The summed E-state index contributed by atoms with van der Waals surface area (Å²) in [5.74, 6) is -0.277. The zero-order valence-electron chi connectivity index (χ0n) is 9.06. The molecule has 0 N–H and O–H groups in total. The van der Waals surface area contributed by atoms with Crippen LogP contribution in [0.1, 0.15) is 12.5 Å². The maximum Gasteiger partial charge on any atom is 0.328 e. The first-order valence-corrected chi connectivity index (χ1v) is 5.20. The highest BCUT2D eigenvalue weighted by Crippen LogP contribution is 2.04. The molecule has 0 bridgehead atoms. The van der Waals surface area contributed by atoms with E-state index in [1.165, 1.54) is 12.1 Å². The normalized spacial score (nSPS) is 10.6. The standard InChI is InChI=1S/C12H13FN2O/c1-2-14-6-7-15(12(14)16)9-10-4-3-5-11(13)8-10/h3-8H,2,9H2,1H3. The minimum atomic E-state index is -0.277. The van der Waals surface area contributed by atoms with Crippen LogP contribution < -0.4 is 5.69 Å². The third-order valence-corrected chi connectivity index (χ3v) is 2.50. The van der Waals surface area contributed by atoms with E-state index in [9.17, 15) is 9.18 Å². The molecule has 16 heavy (non-hydrogen) atoms. The molecule has 0 atom stereocenters. The van der Waals surface area contributed by atoms with Crippen LogP contribution in [0.25, 0.3) is 0 Å². The maximum atomic E-state index is 12.9. The fourth-order valence-corrected chi connectivity index (χ4v) is 1.65. The number of hydrogen-bond acceptors (Lipinski definition) is 1. The molecule has 2 aromatic rings. The van der Waals surface area contributed by atoms with Crippen molar-refractivity contribution in [1.82, 2.24) is 9.13 Å². The Morgan fingerprint density at radius 2 is 2.00 bits per heavy atom. The fraction of sp³-hybridized carbons (Fsp3) is 0.250. The van der Waals surface area contributed by atoms with Crippen LogP contribution in [-0.2, 0) is 13.1 Å². The highest BCUT2D eigenvalue weighted by molar-refractivity contribution is 5.16. The minimum Gasteiger partial charge on any atom is -0.300 e. The SMILES string of the molecule is CCn1ccn(Cc2cccc(F)c2)c1=O. The lowest BCUT2D eigenvalue weighted by molar-refractivity contribution is 0.620. The summed E-state index contributed by atoms with van der Waals surface area (Å²) in [5.41, 5.74) is 0.725. The van der Waals surface area contributed by atoms with E-state index >= 15 is 0 Å². The van der Waals surface area contributed by atoms with Gasteiger partial charge in [-0.1, -0.05) is 12.1 Å². The van der Waals surface area contributed by atoms with Gasteiger partial charge in [-0.25, -0.2) is 9.18 Å². The molecule has 84 valence electrons. The van der Waals surface area contributed by atoms with Gasteiger partial charge in [-0.15, -0.1) is 0 Å².